The molecule has 0 spiro atoms. The Kier molecular flexibility index (Phi) is 4.41. The molecule has 0 fully saturated rings. The Morgan fingerprint density at radius 2 is 1.86 bits per heavy atom. The van der Waals surface area contributed by atoms with Gasteiger partial charge < -0.3 is 16.8 Å². The number of nitrogens with two attached hydrogens (primary N) is 2. The summed E-state index contributed by atoms with van der Waals surface area (Å²) in [5.74, 6) is -1.05. The number of carbonyl (C=O) groups excluding carboxylic acids is 2. The van der Waals surface area contributed by atoms with Crippen molar-refractivity contribution in [2.75, 3.05) is 0 Å². The average molecular weight is 219 g/mol. The Hall–Kier alpha value is -0.750. The Labute approximate surface area is 89.0 Å². The zero-order valence-corrected chi connectivity index (χ0v) is 9.47. The van der Waals surface area contributed by atoms with E-state index < -0.39 is 28.6 Å². The lowest BCUT2D eigenvalue weighted by atomic mass is 10.0. The van der Waals surface area contributed by atoms with Crippen molar-refractivity contribution >= 4 is 24.4 Å². The number of primary amides is 1. The summed E-state index contributed by atoms with van der Waals surface area (Å²) in [6.07, 6.45) is 0. The minimum Gasteiger partial charge on any atom is -0.368 e. The van der Waals surface area contributed by atoms with Crippen LogP contribution in [0, 0.1) is 0 Å². The van der Waals surface area contributed by atoms with E-state index in [1.807, 2.05) is 0 Å². The largest absolute Gasteiger partial charge is 0.368 e. The van der Waals surface area contributed by atoms with E-state index in [4.69, 9.17) is 11.5 Å². The van der Waals surface area contributed by atoms with Gasteiger partial charge in [0.25, 0.3) is 0 Å². The molecule has 0 unspecified atom stereocenters. The molecule has 0 aliphatic heterocycles. The number of carbonyl (C=O) groups is 2. The van der Waals surface area contributed by atoms with Gasteiger partial charge in [0.05, 0.1) is 6.04 Å². The summed E-state index contributed by atoms with van der Waals surface area (Å²) in [6.45, 7) is 4.90. The van der Waals surface area contributed by atoms with Crippen LogP contribution in [0.15, 0.2) is 0 Å². The molecule has 0 rings (SSSR count). The molecule has 5 N–H and O–H groups in total. The number of thiol groups is 1. The van der Waals surface area contributed by atoms with Gasteiger partial charge >= 0.3 is 0 Å². The summed E-state index contributed by atoms with van der Waals surface area (Å²) in [4.78, 5) is 22.2. The molecule has 5 nitrogen and oxygen atoms in total. The molecule has 0 saturated heterocycles. The summed E-state index contributed by atoms with van der Waals surface area (Å²) in [6, 6.07) is -1.50. The van der Waals surface area contributed by atoms with Crippen molar-refractivity contribution in [3.63, 3.8) is 0 Å². The molecule has 0 aromatic heterocycles. The van der Waals surface area contributed by atoms with Crippen molar-refractivity contribution in [1.82, 2.24) is 5.32 Å². The fraction of sp³-hybridized carbons (Fsp3) is 0.750. The molecule has 2 atom stereocenters. The molecule has 6 heteroatoms. The van der Waals surface area contributed by atoms with E-state index in [1.54, 1.807) is 13.8 Å². The first kappa shape index (κ1) is 13.2. The highest BCUT2D eigenvalue weighted by atomic mass is 32.1. The second-order valence-corrected chi connectivity index (χ2v) is 4.94. The van der Waals surface area contributed by atoms with Crippen LogP contribution in [0.4, 0.5) is 0 Å². The van der Waals surface area contributed by atoms with Crippen LogP contribution in [0.2, 0.25) is 0 Å². The van der Waals surface area contributed by atoms with Crippen molar-refractivity contribution in [1.29, 1.82) is 0 Å². The fourth-order valence-corrected chi connectivity index (χ4v) is 1.06. The third-order valence-corrected chi connectivity index (χ3v) is 1.95. The lowest BCUT2D eigenvalue weighted by Gasteiger charge is -2.28. The van der Waals surface area contributed by atoms with Crippen LogP contribution in [0.5, 0.6) is 0 Å². The Morgan fingerprint density at radius 1 is 1.43 bits per heavy atom. The fourth-order valence-electron chi connectivity index (χ4n) is 0.870. The minimum absolute atomic E-state index is 0.420. The second kappa shape index (κ2) is 4.65. The van der Waals surface area contributed by atoms with Gasteiger partial charge in [0, 0.05) is 4.75 Å². The Bertz CT molecular complexity index is 235. The third-order valence-electron chi connectivity index (χ3n) is 1.69. The molecule has 0 aliphatic carbocycles. The smallest absolute Gasteiger partial charge is 0.241 e. The van der Waals surface area contributed by atoms with Crippen LogP contribution < -0.4 is 16.8 Å². The molecule has 0 aromatic rings. The van der Waals surface area contributed by atoms with Gasteiger partial charge in [-0.25, -0.2) is 0 Å². The maximum Gasteiger partial charge on any atom is 0.241 e. The van der Waals surface area contributed by atoms with Gasteiger partial charge in [-0.1, -0.05) is 0 Å². The molecule has 82 valence electrons. The predicted octanol–water partition coefficient (Wildman–Crippen LogP) is -0.988. The molecular formula is C8H17N3O2S. The first-order valence-electron chi connectivity index (χ1n) is 4.24. The van der Waals surface area contributed by atoms with E-state index in [0.717, 1.165) is 0 Å². The molecular weight excluding hydrogens is 202 g/mol. The van der Waals surface area contributed by atoms with Crippen LogP contribution in [0.25, 0.3) is 0 Å². The van der Waals surface area contributed by atoms with Gasteiger partial charge in [0.2, 0.25) is 11.8 Å². The highest BCUT2D eigenvalue weighted by molar-refractivity contribution is 7.81. The van der Waals surface area contributed by atoms with E-state index in [1.165, 1.54) is 6.92 Å². The maximum absolute atomic E-state index is 11.2. The van der Waals surface area contributed by atoms with Gasteiger partial charge in [-0.2, -0.15) is 12.6 Å². The van der Waals surface area contributed by atoms with E-state index in [2.05, 4.69) is 17.9 Å². The summed E-state index contributed by atoms with van der Waals surface area (Å²) in [5.41, 5.74) is 10.5. The Balaban J connectivity index is 4.56. The number of hydrogen-bond donors (Lipinski definition) is 4. The summed E-state index contributed by atoms with van der Waals surface area (Å²) >= 11 is 4.18. The van der Waals surface area contributed by atoms with Crippen LogP contribution in [-0.4, -0.2) is 28.6 Å². The molecule has 0 heterocycles. The van der Waals surface area contributed by atoms with Crippen molar-refractivity contribution in [2.45, 2.75) is 37.6 Å². The number of hydrogen-bond acceptors (Lipinski definition) is 4. The van der Waals surface area contributed by atoms with Crippen LogP contribution >= 0.6 is 12.6 Å². The summed E-state index contributed by atoms with van der Waals surface area (Å²) in [7, 11) is 0. The van der Waals surface area contributed by atoms with Gasteiger partial charge in [0.15, 0.2) is 0 Å². The predicted molar refractivity (Wildman–Crippen MR) is 57.8 cm³/mol. The Morgan fingerprint density at radius 3 is 2.07 bits per heavy atom. The summed E-state index contributed by atoms with van der Waals surface area (Å²) in [5, 5.41) is 2.44. The van der Waals surface area contributed by atoms with Crippen LogP contribution in [0.3, 0.4) is 0 Å². The molecule has 0 aromatic carbocycles. The van der Waals surface area contributed by atoms with E-state index in [-0.39, 0.29) is 0 Å². The SMILES string of the molecule is C[C@H](N)C(=O)N[C@@H](C(N)=O)C(C)(C)S. The summed E-state index contributed by atoms with van der Waals surface area (Å²) < 4.78 is -0.712. The van der Waals surface area contributed by atoms with Crippen molar-refractivity contribution < 1.29 is 9.59 Å². The van der Waals surface area contributed by atoms with Gasteiger partial charge in [-0.3, -0.25) is 9.59 Å². The van der Waals surface area contributed by atoms with Crippen molar-refractivity contribution in [3.8, 4) is 0 Å². The highest BCUT2D eigenvalue weighted by Crippen LogP contribution is 2.17. The third kappa shape index (κ3) is 3.97. The zero-order valence-electron chi connectivity index (χ0n) is 8.57. The monoisotopic (exact) mass is 219 g/mol. The van der Waals surface area contributed by atoms with E-state index in [9.17, 15) is 9.59 Å². The quantitative estimate of drug-likeness (QED) is 0.457. The topological polar surface area (TPSA) is 98.2 Å². The van der Waals surface area contributed by atoms with Gasteiger partial charge in [0.1, 0.15) is 6.04 Å². The normalized spacial score (nSPS) is 15.8. The molecule has 0 aliphatic rings. The van der Waals surface area contributed by atoms with Crippen molar-refractivity contribution in [2.24, 2.45) is 11.5 Å². The molecule has 0 saturated carbocycles. The van der Waals surface area contributed by atoms with Crippen molar-refractivity contribution in [3.05, 3.63) is 0 Å². The van der Waals surface area contributed by atoms with E-state index in [0.29, 0.717) is 0 Å². The first-order chi connectivity index (χ1) is 6.16. The van der Waals surface area contributed by atoms with Gasteiger partial charge in [-0.15, -0.1) is 0 Å². The number of rotatable bonds is 4. The lowest BCUT2D eigenvalue weighted by molar-refractivity contribution is -0.128. The lowest BCUT2D eigenvalue weighted by Crippen LogP contribution is -2.56. The van der Waals surface area contributed by atoms with E-state index >= 15 is 0 Å². The molecule has 0 radical (unpaired) electrons. The molecule has 2 amide bonds. The molecule has 0 bridgehead atoms. The standard InChI is InChI=1S/C8H17N3O2S/c1-4(9)7(13)11-5(6(10)12)8(2,3)14/h4-5,14H,9H2,1-3H3,(H2,10,12)(H,11,13)/t4-,5-/m0/s1. The minimum atomic E-state index is -0.829. The first-order valence-corrected chi connectivity index (χ1v) is 4.68. The zero-order chi connectivity index (χ0) is 11.5. The second-order valence-electron chi connectivity index (χ2n) is 3.79. The number of nitrogens with one attached hydrogen (secondary N) is 1. The molecule has 14 heavy (non-hydrogen) atoms. The average Bonchev–Trinajstić information content (AvgIpc) is 1.96. The van der Waals surface area contributed by atoms with Crippen LogP contribution in [0.1, 0.15) is 20.8 Å². The van der Waals surface area contributed by atoms with Crippen LogP contribution in [-0.2, 0) is 9.59 Å². The number of amides is 2. The van der Waals surface area contributed by atoms with Gasteiger partial charge in [-0.05, 0) is 20.8 Å². The maximum atomic E-state index is 11.2. The highest BCUT2D eigenvalue weighted by Gasteiger charge is 2.32.